The minimum atomic E-state index is 0.232. The molecule has 0 amide bonds. The number of thiophene rings is 1. The highest BCUT2D eigenvalue weighted by Crippen LogP contribution is 2.19. The van der Waals surface area contributed by atoms with E-state index in [1.165, 1.54) is 9.75 Å². The van der Waals surface area contributed by atoms with E-state index in [0.717, 1.165) is 31.4 Å². The van der Waals surface area contributed by atoms with Gasteiger partial charge in [0.25, 0.3) is 0 Å². The SMILES string of the molecule is CCc1ccc(CC(N)CCc2ccccn2)s1. The zero-order chi connectivity index (χ0) is 12.8. The summed E-state index contributed by atoms with van der Waals surface area (Å²) in [6.45, 7) is 2.19. The van der Waals surface area contributed by atoms with Crippen LogP contribution in [-0.4, -0.2) is 11.0 Å². The monoisotopic (exact) mass is 260 g/mol. The van der Waals surface area contributed by atoms with Gasteiger partial charge in [-0.15, -0.1) is 11.3 Å². The number of hydrogen-bond acceptors (Lipinski definition) is 3. The molecule has 1 unspecified atom stereocenters. The molecule has 2 nitrogen and oxygen atoms in total. The Hall–Kier alpha value is -1.19. The summed E-state index contributed by atoms with van der Waals surface area (Å²) in [5.41, 5.74) is 7.32. The Labute approximate surface area is 113 Å². The third kappa shape index (κ3) is 3.93. The summed E-state index contributed by atoms with van der Waals surface area (Å²) in [5, 5.41) is 0. The van der Waals surface area contributed by atoms with Gasteiger partial charge < -0.3 is 5.73 Å². The molecule has 2 rings (SSSR count). The van der Waals surface area contributed by atoms with Crippen molar-refractivity contribution < 1.29 is 0 Å². The molecule has 0 aliphatic heterocycles. The first-order valence-electron chi connectivity index (χ1n) is 6.51. The average molecular weight is 260 g/mol. The van der Waals surface area contributed by atoms with Crippen molar-refractivity contribution in [3.63, 3.8) is 0 Å². The predicted octanol–water partition coefficient (Wildman–Crippen LogP) is 3.21. The number of aromatic nitrogens is 1. The average Bonchev–Trinajstić information content (AvgIpc) is 2.85. The fourth-order valence-electron chi connectivity index (χ4n) is 1.96. The zero-order valence-electron chi connectivity index (χ0n) is 10.8. The number of nitrogens with zero attached hydrogens (tertiary/aromatic N) is 1. The second-order valence-corrected chi connectivity index (χ2v) is 5.80. The first-order valence-corrected chi connectivity index (χ1v) is 7.32. The van der Waals surface area contributed by atoms with Crippen molar-refractivity contribution in [3.8, 4) is 0 Å². The standard InChI is InChI=1S/C15H20N2S/c1-2-14-8-9-15(18-14)11-12(16)6-7-13-5-3-4-10-17-13/h3-5,8-10,12H,2,6-7,11,16H2,1H3. The maximum atomic E-state index is 6.18. The van der Waals surface area contributed by atoms with Gasteiger partial charge >= 0.3 is 0 Å². The van der Waals surface area contributed by atoms with Crippen molar-refractivity contribution in [1.29, 1.82) is 0 Å². The fraction of sp³-hybridized carbons (Fsp3) is 0.400. The summed E-state index contributed by atoms with van der Waals surface area (Å²) in [6, 6.07) is 10.7. The molecule has 0 radical (unpaired) electrons. The van der Waals surface area contributed by atoms with Gasteiger partial charge in [0.05, 0.1) is 0 Å². The van der Waals surface area contributed by atoms with Crippen molar-refractivity contribution in [2.75, 3.05) is 0 Å². The molecular formula is C15H20N2S. The summed E-state index contributed by atoms with van der Waals surface area (Å²) in [6.07, 6.45) is 5.91. The maximum Gasteiger partial charge on any atom is 0.0404 e. The van der Waals surface area contributed by atoms with E-state index in [4.69, 9.17) is 5.73 Å². The highest BCUT2D eigenvalue weighted by molar-refractivity contribution is 7.11. The summed E-state index contributed by atoms with van der Waals surface area (Å²) < 4.78 is 0. The first-order chi connectivity index (χ1) is 8.78. The van der Waals surface area contributed by atoms with Crippen LogP contribution in [0.4, 0.5) is 0 Å². The first kappa shape index (κ1) is 13.2. The van der Waals surface area contributed by atoms with Gasteiger partial charge in [-0.3, -0.25) is 4.98 Å². The van der Waals surface area contributed by atoms with Crippen molar-refractivity contribution in [1.82, 2.24) is 4.98 Å². The van der Waals surface area contributed by atoms with Crippen molar-refractivity contribution in [2.45, 2.75) is 38.6 Å². The van der Waals surface area contributed by atoms with Crippen molar-refractivity contribution in [2.24, 2.45) is 5.73 Å². The van der Waals surface area contributed by atoms with Crippen LogP contribution in [0.1, 0.15) is 28.8 Å². The van der Waals surface area contributed by atoms with Gasteiger partial charge in [-0.1, -0.05) is 13.0 Å². The van der Waals surface area contributed by atoms with E-state index < -0.39 is 0 Å². The molecule has 0 fully saturated rings. The second kappa shape index (κ2) is 6.66. The van der Waals surface area contributed by atoms with E-state index in [0.29, 0.717) is 0 Å². The molecule has 18 heavy (non-hydrogen) atoms. The van der Waals surface area contributed by atoms with E-state index in [9.17, 15) is 0 Å². The summed E-state index contributed by atoms with van der Waals surface area (Å²) in [7, 11) is 0. The predicted molar refractivity (Wildman–Crippen MR) is 77.9 cm³/mol. The number of rotatable bonds is 6. The van der Waals surface area contributed by atoms with Gasteiger partial charge in [0.2, 0.25) is 0 Å². The Morgan fingerprint density at radius 3 is 2.72 bits per heavy atom. The number of aryl methyl sites for hydroxylation is 2. The Balaban J connectivity index is 1.80. The molecule has 0 bridgehead atoms. The highest BCUT2D eigenvalue weighted by atomic mass is 32.1. The van der Waals surface area contributed by atoms with Crippen LogP contribution in [-0.2, 0) is 19.3 Å². The molecule has 2 heterocycles. The lowest BCUT2D eigenvalue weighted by atomic mass is 10.1. The lowest BCUT2D eigenvalue weighted by molar-refractivity contribution is 0.609. The lowest BCUT2D eigenvalue weighted by Gasteiger charge is -2.09. The Morgan fingerprint density at radius 2 is 2.06 bits per heavy atom. The summed E-state index contributed by atoms with van der Waals surface area (Å²) >= 11 is 1.89. The molecule has 0 spiro atoms. The molecule has 96 valence electrons. The Morgan fingerprint density at radius 1 is 1.22 bits per heavy atom. The topological polar surface area (TPSA) is 38.9 Å². The molecule has 1 atom stereocenters. The largest absolute Gasteiger partial charge is 0.327 e. The molecule has 0 saturated carbocycles. The second-order valence-electron chi connectivity index (χ2n) is 4.55. The van der Waals surface area contributed by atoms with Crippen LogP contribution in [0.5, 0.6) is 0 Å². The van der Waals surface area contributed by atoms with Crippen LogP contribution in [0.15, 0.2) is 36.5 Å². The molecule has 2 aromatic rings. The molecule has 0 saturated heterocycles. The zero-order valence-corrected chi connectivity index (χ0v) is 11.6. The molecular weight excluding hydrogens is 240 g/mol. The van der Waals surface area contributed by atoms with Crippen LogP contribution < -0.4 is 5.73 Å². The van der Waals surface area contributed by atoms with Crippen LogP contribution in [0.25, 0.3) is 0 Å². The van der Waals surface area contributed by atoms with Gasteiger partial charge in [-0.2, -0.15) is 0 Å². The molecule has 3 heteroatoms. The van der Waals surface area contributed by atoms with E-state index in [2.05, 4.69) is 30.1 Å². The third-order valence-corrected chi connectivity index (χ3v) is 4.28. The van der Waals surface area contributed by atoms with E-state index >= 15 is 0 Å². The third-order valence-electron chi connectivity index (χ3n) is 3.03. The fourth-order valence-corrected chi connectivity index (χ4v) is 3.01. The van der Waals surface area contributed by atoms with Crippen molar-refractivity contribution in [3.05, 3.63) is 52.0 Å². The van der Waals surface area contributed by atoms with Crippen LogP contribution in [0.3, 0.4) is 0 Å². The summed E-state index contributed by atoms with van der Waals surface area (Å²) in [5.74, 6) is 0. The lowest BCUT2D eigenvalue weighted by Crippen LogP contribution is -2.23. The highest BCUT2D eigenvalue weighted by Gasteiger charge is 2.07. The maximum absolute atomic E-state index is 6.18. The van der Waals surface area contributed by atoms with Gasteiger partial charge in [0.1, 0.15) is 0 Å². The number of hydrogen-bond donors (Lipinski definition) is 1. The van der Waals surface area contributed by atoms with Gasteiger partial charge in [-0.05, 0) is 49.9 Å². The van der Waals surface area contributed by atoms with E-state index in [-0.39, 0.29) is 6.04 Å². The van der Waals surface area contributed by atoms with Crippen molar-refractivity contribution >= 4 is 11.3 Å². The minimum absolute atomic E-state index is 0.232. The minimum Gasteiger partial charge on any atom is -0.327 e. The quantitative estimate of drug-likeness (QED) is 0.866. The van der Waals surface area contributed by atoms with Crippen LogP contribution >= 0.6 is 11.3 Å². The van der Waals surface area contributed by atoms with Gasteiger partial charge in [0, 0.05) is 27.7 Å². The molecule has 0 aliphatic carbocycles. The van der Waals surface area contributed by atoms with Crippen LogP contribution in [0.2, 0.25) is 0 Å². The summed E-state index contributed by atoms with van der Waals surface area (Å²) in [4.78, 5) is 7.17. The van der Waals surface area contributed by atoms with E-state index in [1.54, 1.807) is 0 Å². The van der Waals surface area contributed by atoms with E-state index in [1.807, 2.05) is 29.7 Å². The molecule has 0 aromatic carbocycles. The molecule has 2 N–H and O–H groups in total. The molecule has 2 aromatic heterocycles. The van der Waals surface area contributed by atoms with Gasteiger partial charge in [0.15, 0.2) is 0 Å². The van der Waals surface area contributed by atoms with Gasteiger partial charge in [-0.25, -0.2) is 0 Å². The number of pyridine rings is 1. The Kier molecular flexibility index (Phi) is 4.90. The normalized spacial score (nSPS) is 12.6. The Bertz CT molecular complexity index is 464. The van der Waals surface area contributed by atoms with Crippen LogP contribution in [0, 0.1) is 0 Å². The molecule has 0 aliphatic rings. The smallest absolute Gasteiger partial charge is 0.0404 e. The number of nitrogens with two attached hydrogens (primary N) is 1.